The number of nitrogens with one attached hydrogen (secondary N) is 1. The summed E-state index contributed by atoms with van der Waals surface area (Å²) in [6.45, 7) is 3.49. The van der Waals surface area contributed by atoms with Crippen LogP contribution >= 0.6 is 15.9 Å². The lowest BCUT2D eigenvalue weighted by atomic mass is 10.1. The van der Waals surface area contributed by atoms with Gasteiger partial charge in [0.25, 0.3) is 0 Å². The number of aliphatic hydroxyl groups is 1. The summed E-state index contributed by atoms with van der Waals surface area (Å²) < 4.78 is 0.964. The van der Waals surface area contributed by atoms with Gasteiger partial charge >= 0.3 is 0 Å². The normalized spacial score (nSPS) is 26.2. The second-order valence-corrected chi connectivity index (χ2v) is 6.41. The minimum Gasteiger partial charge on any atom is -0.392 e. The van der Waals surface area contributed by atoms with Gasteiger partial charge in [-0.05, 0) is 34.5 Å². The SMILES string of the molecule is O=C(C1CC(O)CN1)N1CCN(c2ccc(Br)cn2)CC1. The standard InChI is InChI=1S/C14H19BrN4O2/c15-10-1-2-13(17-8-10)18-3-5-19(6-4-18)14(21)12-7-11(20)9-16-12/h1-2,8,11-12,16,20H,3-7,9H2. The number of aromatic nitrogens is 1. The average Bonchev–Trinajstić information content (AvgIpc) is 2.94. The van der Waals surface area contributed by atoms with Crippen LogP contribution in [0.5, 0.6) is 0 Å². The largest absolute Gasteiger partial charge is 0.392 e. The van der Waals surface area contributed by atoms with Crippen LogP contribution in [0.4, 0.5) is 5.82 Å². The molecule has 1 amide bonds. The molecule has 2 unspecified atom stereocenters. The third-order valence-corrected chi connectivity index (χ3v) is 4.50. The van der Waals surface area contributed by atoms with Crippen LogP contribution in [0.2, 0.25) is 0 Å². The fourth-order valence-electron chi connectivity index (χ4n) is 2.84. The van der Waals surface area contributed by atoms with Gasteiger partial charge in [0.1, 0.15) is 5.82 Å². The van der Waals surface area contributed by atoms with Gasteiger partial charge in [0.15, 0.2) is 0 Å². The topological polar surface area (TPSA) is 68.7 Å². The van der Waals surface area contributed by atoms with E-state index in [0.717, 1.165) is 23.4 Å². The quantitative estimate of drug-likeness (QED) is 0.794. The second kappa shape index (κ2) is 6.29. The predicted molar refractivity (Wildman–Crippen MR) is 83.1 cm³/mol. The van der Waals surface area contributed by atoms with Gasteiger partial charge in [0, 0.05) is 43.4 Å². The molecule has 0 spiro atoms. The molecular weight excluding hydrogens is 336 g/mol. The average molecular weight is 355 g/mol. The molecule has 0 bridgehead atoms. The number of anilines is 1. The number of piperazine rings is 1. The van der Waals surface area contributed by atoms with Crippen molar-refractivity contribution in [1.82, 2.24) is 15.2 Å². The molecule has 0 aromatic carbocycles. The number of rotatable bonds is 2. The molecule has 2 aliphatic heterocycles. The zero-order chi connectivity index (χ0) is 14.8. The molecule has 0 aliphatic carbocycles. The Bertz CT molecular complexity index is 502. The summed E-state index contributed by atoms with van der Waals surface area (Å²) in [5.74, 6) is 1.05. The number of amides is 1. The molecule has 2 aliphatic rings. The minimum atomic E-state index is -0.396. The Labute approximate surface area is 132 Å². The Balaban J connectivity index is 1.55. The monoisotopic (exact) mass is 354 g/mol. The van der Waals surface area contributed by atoms with Gasteiger partial charge in [0.05, 0.1) is 12.1 Å². The third-order valence-electron chi connectivity index (χ3n) is 4.03. The van der Waals surface area contributed by atoms with Crippen LogP contribution in [-0.2, 0) is 4.79 Å². The van der Waals surface area contributed by atoms with E-state index in [1.807, 2.05) is 17.0 Å². The van der Waals surface area contributed by atoms with Gasteiger partial charge in [-0.25, -0.2) is 4.98 Å². The van der Waals surface area contributed by atoms with Crippen LogP contribution in [0.15, 0.2) is 22.8 Å². The van der Waals surface area contributed by atoms with Crippen LogP contribution in [0.3, 0.4) is 0 Å². The van der Waals surface area contributed by atoms with Crippen LogP contribution in [0.1, 0.15) is 6.42 Å². The van der Waals surface area contributed by atoms with Gasteiger partial charge in [-0.15, -0.1) is 0 Å². The van der Waals surface area contributed by atoms with E-state index in [-0.39, 0.29) is 11.9 Å². The second-order valence-electron chi connectivity index (χ2n) is 5.50. The highest BCUT2D eigenvalue weighted by Crippen LogP contribution is 2.17. The van der Waals surface area contributed by atoms with Gasteiger partial charge in [-0.1, -0.05) is 0 Å². The summed E-state index contributed by atoms with van der Waals surface area (Å²) in [7, 11) is 0. The fourth-order valence-corrected chi connectivity index (χ4v) is 3.07. The maximum atomic E-state index is 12.3. The Kier molecular flexibility index (Phi) is 4.42. The van der Waals surface area contributed by atoms with Crippen molar-refractivity contribution in [2.45, 2.75) is 18.6 Å². The number of pyridine rings is 1. The maximum Gasteiger partial charge on any atom is 0.239 e. The Hall–Kier alpha value is -1.18. The van der Waals surface area contributed by atoms with Crippen LogP contribution in [0, 0.1) is 0 Å². The lowest BCUT2D eigenvalue weighted by Crippen LogP contribution is -2.53. The Morgan fingerprint density at radius 1 is 1.33 bits per heavy atom. The van der Waals surface area contributed by atoms with Crippen molar-refractivity contribution >= 4 is 27.7 Å². The zero-order valence-electron chi connectivity index (χ0n) is 11.7. The number of hydrogen-bond donors (Lipinski definition) is 2. The van der Waals surface area contributed by atoms with Gasteiger partial charge in [-0.2, -0.15) is 0 Å². The van der Waals surface area contributed by atoms with Crippen molar-refractivity contribution < 1.29 is 9.90 Å². The summed E-state index contributed by atoms with van der Waals surface area (Å²) in [6.07, 6.45) is 1.91. The van der Waals surface area contributed by atoms with Crippen LogP contribution in [-0.4, -0.2) is 65.8 Å². The third kappa shape index (κ3) is 3.36. The maximum absolute atomic E-state index is 12.3. The molecule has 0 radical (unpaired) electrons. The van der Waals surface area contributed by atoms with Crippen molar-refractivity contribution in [1.29, 1.82) is 0 Å². The lowest BCUT2D eigenvalue weighted by Gasteiger charge is -2.36. The van der Waals surface area contributed by atoms with Gasteiger partial charge in [0.2, 0.25) is 5.91 Å². The minimum absolute atomic E-state index is 0.106. The van der Waals surface area contributed by atoms with E-state index in [2.05, 4.69) is 31.1 Å². The number of hydrogen-bond acceptors (Lipinski definition) is 5. The first-order valence-electron chi connectivity index (χ1n) is 7.20. The first kappa shape index (κ1) is 14.7. The zero-order valence-corrected chi connectivity index (χ0v) is 13.3. The van der Waals surface area contributed by atoms with Crippen molar-refractivity contribution in [2.24, 2.45) is 0 Å². The van der Waals surface area contributed by atoms with Crippen molar-refractivity contribution in [2.75, 3.05) is 37.6 Å². The highest BCUT2D eigenvalue weighted by Gasteiger charge is 2.32. The highest BCUT2D eigenvalue weighted by molar-refractivity contribution is 9.10. The number of β-amino-alcohol motifs (C(OH)–C–C–N with tert-alkyl or cyclic N) is 1. The van der Waals surface area contributed by atoms with E-state index in [0.29, 0.717) is 26.1 Å². The number of nitrogens with zero attached hydrogens (tertiary/aromatic N) is 3. The van der Waals surface area contributed by atoms with E-state index in [1.165, 1.54) is 0 Å². The lowest BCUT2D eigenvalue weighted by molar-refractivity contribution is -0.133. The summed E-state index contributed by atoms with van der Waals surface area (Å²) in [4.78, 5) is 20.8. The van der Waals surface area contributed by atoms with Crippen molar-refractivity contribution in [3.8, 4) is 0 Å². The summed E-state index contributed by atoms with van der Waals surface area (Å²) >= 11 is 3.38. The van der Waals surface area contributed by atoms with E-state index in [9.17, 15) is 9.90 Å². The molecule has 3 heterocycles. The van der Waals surface area contributed by atoms with Crippen LogP contribution < -0.4 is 10.2 Å². The Morgan fingerprint density at radius 3 is 2.67 bits per heavy atom. The van der Waals surface area contributed by atoms with E-state index in [1.54, 1.807) is 6.20 Å². The molecule has 21 heavy (non-hydrogen) atoms. The molecule has 3 rings (SSSR count). The molecule has 0 saturated carbocycles. The molecule has 6 nitrogen and oxygen atoms in total. The molecule has 1 aromatic heterocycles. The highest BCUT2D eigenvalue weighted by atomic mass is 79.9. The van der Waals surface area contributed by atoms with Crippen molar-refractivity contribution in [3.63, 3.8) is 0 Å². The number of aliphatic hydroxyl groups excluding tert-OH is 1. The molecule has 7 heteroatoms. The smallest absolute Gasteiger partial charge is 0.239 e. The first-order valence-corrected chi connectivity index (χ1v) is 7.99. The molecule has 2 saturated heterocycles. The van der Waals surface area contributed by atoms with E-state index >= 15 is 0 Å². The molecule has 1 aromatic rings. The Morgan fingerprint density at radius 2 is 2.10 bits per heavy atom. The molecule has 2 fully saturated rings. The number of carbonyl (C=O) groups excluding carboxylic acids is 1. The van der Waals surface area contributed by atoms with Crippen molar-refractivity contribution in [3.05, 3.63) is 22.8 Å². The molecule has 2 atom stereocenters. The van der Waals surface area contributed by atoms with Crippen LogP contribution in [0.25, 0.3) is 0 Å². The van der Waals surface area contributed by atoms with E-state index in [4.69, 9.17) is 0 Å². The summed E-state index contributed by atoms with van der Waals surface area (Å²) in [5, 5.41) is 12.6. The molecular formula is C14H19BrN4O2. The summed E-state index contributed by atoms with van der Waals surface area (Å²) in [6, 6.07) is 3.73. The first-order chi connectivity index (χ1) is 10.1. The van der Waals surface area contributed by atoms with Gasteiger partial charge in [-0.3, -0.25) is 4.79 Å². The van der Waals surface area contributed by atoms with E-state index < -0.39 is 6.10 Å². The van der Waals surface area contributed by atoms with Gasteiger partial charge < -0.3 is 20.2 Å². The fraction of sp³-hybridized carbons (Fsp3) is 0.571. The number of carbonyl (C=O) groups is 1. The molecule has 114 valence electrons. The summed E-state index contributed by atoms with van der Waals surface area (Å²) in [5.41, 5.74) is 0. The predicted octanol–water partition coefficient (Wildman–Crippen LogP) is 0.216. The molecule has 2 N–H and O–H groups in total. The number of halogens is 1.